The molecule has 0 saturated carbocycles. The molecule has 8 heteroatoms. The molecule has 1 aliphatic rings. The van der Waals surface area contributed by atoms with Gasteiger partial charge in [0.15, 0.2) is 11.9 Å². The summed E-state index contributed by atoms with van der Waals surface area (Å²) in [6.45, 7) is 5.03. The van der Waals surface area contributed by atoms with Gasteiger partial charge in [0, 0.05) is 61.8 Å². The van der Waals surface area contributed by atoms with Gasteiger partial charge in [-0.2, -0.15) is 0 Å². The van der Waals surface area contributed by atoms with E-state index in [-0.39, 0.29) is 5.76 Å². The van der Waals surface area contributed by atoms with Crippen molar-refractivity contribution >= 4 is 34.7 Å². The molecular formula is C27H29ClN4O3. The Morgan fingerprint density at radius 2 is 1.77 bits per heavy atom. The molecule has 0 unspecified atom stereocenters. The number of aldehydes is 1. The van der Waals surface area contributed by atoms with Crippen LogP contribution in [0.1, 0.15) is 23.3 Å². The molecule has 0 N–H and O–H groups in total. The van der Waals surface area contributed by atoms with Crippen LogP contribution in [0.15, 0.2) is 63.9 Å². The maximum absolute atomic E-state index is 12.5. The number of hydrogen-bond donors (Lipinski definition) is 0. The number of oxazole rings is 1. The first-order valence-corrected chi connectivity index (χ1v) is 12.4. The van der Waals surface area contributed by atoms with Gasteiger partial charge < -0.3 is 18.8 Å². The van der Waals surface area contributed by atoms with Crippen LogP contribution in [0.4, 0.5) is 5.69 Å². The molecule has 182 valence electrons. The van der Waals surface area contributed by atoms with Crippen LogP contribution in [0.5, 0.6) is 0 Å². The number of rotatable bonds is 9. The number of nitrogens with zero attached hydrogens (tertiary/aromatic N) is 4. The zero-order valence-electron chi connectivity index (χ0n) is 19.8. The molecule has 2 aromatic carbocycles. The summed E-state index contributed by atoms with van der Waals surface area (Å²) in [5, 5.41) is 0.681. The third kappa shape index (κ3) is 5.06. The number of likely N-dealkylation sites (N-methyl/N-ethyl adjacent to an activating group) is 1. The van der Waals surface area contributed by atoms with Crippen molar-refractivity contribution in [2.45, 2.75) is 25.9 Å². The van der Waals surface area contributed by atoms with Crippen molar-refractivity contribution < 1.29 is 9.21 Å². The molecular weight excluding hydrogens is 464 g/mol. The predicted octanol–water partition coefficient (Wildman–Crippen LogP) is 4.76. The monoisotopic (exact) mass is 492 g/mol. The number of halogens is 1. The molecule has 0 atom stereocenters. The molecule has 1 fully saturated rings. The molecule has 0 aliphatic carbocycles. The summed E-state index contributed by atoms with van der Waals surface area (Å²) in [6, 6.07) is 15.4. The standard InChI is InChI=1S/C27H29ClN4O3/c1-29(12-14-31-18-21(16-24(31)19-33)20-4-6-22(28)7-5-20)23-8-9-25-26(17-23)35-27(34)32(25)15-13-30-10-2-3-11-30/h4-9,16-19H,2-3,10-15H2,1H3. The van der Waals surface area contributed by atoms with E-state index in [1.54, 1.807) is 4.57 Å². The van der Waals surface area contributed by atoms with Crippen molar-refractivity contribution in [2.75, 3.05) is 38.1 Å². The van der Waals surface area contributed by atoms with Gasteiger partial charge in [-0.15, -0.1) is 0 Å². The van der Waals surface area contributed by atoms with Crippen molar-refractivity contribution in [1.29, 1.82) is 0 Å². The van der Waals surface area contributed by atoms with Crippen LogP contribution >= 0.6 is 11.6 Å². The summed E-state index contributed by atoms with van der Waals surface area (Å²) >= 11 is 6.00. The van der Waals surface area contributed by atoms with Crippen LogP contribution < -0.4 is 10.7 Å². The van der Waals surface area contributed by atoms with Crippen LogP contribution in [-0.4, -0.2) is 53.5 Å². The number of hydrogen-bond acceptors (Lipinski definition) is 5. The lowest BCUT2D eigenvalue weighted by Crippen LogP contribution is -2.27. The topological polar surface area (TPSA) is 63.6 Å². The third-order valence-corrected chi connectivity index (χ3v) is 7.09. The van der Waals surface area contributed by atoms with Crippen LogP contribution in [0.3, 0.4) is 0 Å². The lowest BCUT2D eigenvalue weighted by molar-refractivity contribution is 0.111. The van der Waals surface area contributed by atoms with E-state index >= 15 is 0 Å². The molecule has 0 radical (unpaired) electrons. The van der Waals surface area contributed by atoms with E-state index in [0.717, 1.165) is 48.3 Å². The Kier molecular flexibility index (Phi) is 6.79. The zero-order chi connectivity index (χ0) is 24.4. The highest BCUT2D eigenvalue weighted by Crippen LogP contribution is 2.25. The minimum Gasteiger partial charge on any atom is -0.408 e. The quantitative estimate of drug-likeness (QED) is 0.315. The van der Waals surface area contributed by atoms with Crippen molar-refractivity contribution in [3.63, 3.8) is 0 Å². The van der Waals surface area contributed by atoms with Crippen molar-refractivity contribution in [2.24, 2.45) is 0 Å². The Morgan fingerprint density at radius 1 is 1.00 bits per heavy atom. The van der Waals surface area contributed by atoms with E-state index in [9.17, 15) is 9.59 Å². The first-order valence-electron chi connectivity index (χ1n) is 12.0. The molecule has 5 rings (SSSR count). The van der Waals surface area contributed by atoms with Gasteiger partial charge in [-0.1, -0.05) is 23.7 Å². The van der Waals surface area contributed by atoms with E-state index < -0.39 is 0 Å². The molecule has 3 heterocycles. The average Bonchev–Trinajstić information content (AvgIpc) is 3.59. The number of carbonyl (C=O) groups is 1. The number of fused-ring (bicyclic) bond motifs is 1. The van der Waals surface area contributed by atoms with Gasteiger partial charge in [0.25, 0.3) is 0 Å². The highest BCUT2D eigenvalue weighted by Gasteiger charge is 2.15. The molecule has 0 spiro atoms. The van der Waals surface area contributed by atoms with E-state index in [0.29, 0.717) is 35.9 Å². The lowest BCUT2D eigenvalue weighted by atomic mass is 10.1. The Morgan fingerprint density at radius 3 is 2.51 bits per heavy atom. The second kappa shape index (κ2) is 10.1. The normalized spacial score (nSPS) is 14.1. The highest BCUT2D eigenvalue weighted by atomic mass is 35.5. The Bertz CT molecular complexity index is 1380. The van der Waals surface area contributed by atoms with Gasteiger partial charge in [0.2, 0.25) is 0 Å². The Balaban J connectivity index is 1.28. The Hall–Kier alpha value is -3.29. The fourth-order valence-corrected chi connectivity index (χ4v) is 4.88. The number of benzene rings is 2. The fraction of sp³-hybridized carbons (Fsp3) is 0.333. The van der Waals surface area contributed by atoms with Gasteiger partial charge in [-0.25, -0.2) is 4.79 Å². The molecule has 1 saturated heterocycles. The lowest BCUT2D eigenvalue weighted by Gasteiger charge is -2.20. The molecule has 35 heavy (non-hydrogen) atoms. The van der Waals surface area contributed by atoms with Crippen LogP contribution in [-0.2, 0) is 13.1 Å². The SMILES string of the molecule is CN(CCn1cc(-c2ccc(Cl)cc2)cc1C=O)c1ccc2c(c1)oc(=O)n2CCN1CCCC1. The zero-order valence-corrected chi connectivity index (χ0v) is 20.6. The van der Waals surface area contributed by atoms with E-state index in [1.165, 1.54) is 12.8 Å². The van der Waals surface area contributed by atoms with Crippen LogP contribution in [0.2, 0.25) is 5.02 Å². The van der Waals surface area contributed by atoms with Gasteiger partial charge >= 0.3 is 5.76 Å². The maximum atomic E-state index is 12.5. The van der Waals surface area contributed by atoms with Gasteiger partial charge in [-0.05, 0) is 61.8 Å². The molecule has 0 bridgehead atoms. The van der Waals surface area contributed by atoms with Gasteiger partial charge in [0.05, 0.1) is 11.2 Å². The van der Waals surface area contributed by atoms with Crippen molar-refractivity contribution in [3.05, 3.63) is 76.0 Å². The minimum absolute atomic E-state index is 0.309. The number of likely N-dealkylation sites (tertiary alicyclic amines) is 1. The molecule has 7 nitrogen and oxygen atoms in total. The number of anilines is 1. The van der Waals surface area contributed by atoms with E-state index in [4.69, 9.17) is 16.0 Å². The predicted molar refractivity (Wildman–Crippen MR) is 140 cm³/mol. The van der Waals surface area contributed by atoms with Crippen molar-refractivity contribution in [3.8, 4) is 11.1 Å². The smallest absolute Gasteiger partial charge is 0.408 e. The summed E-state index contributed by atoms with van der Waals surface area (Å²) in [7, 11) is 1.99. The summed E-state index contributed by atoms with van der Waals surface area (Å²) in [5.74, 6) is -0.309. The summed E-state index contributed by atoms with van der Waals surface area (Å²) in [5.41, 5.74) is 4.99. The maximum Gasteiger partial charge on any atom is 0.419 e. The molecule has 1 aliphatic heterocycles. The highest BCUT2D eigenvalue weighted by molar-refractivity contribution is 6.30. The first kappa shape index (κ1) is 23.5. The summed E-state index contributed by atoms with van der Waals surface area (Å²) in [6.07, 6.45) is 5.33. The summed E-state index contributed by atoms with van der Waals surface area (Å²) in [4.78, 5) is 28.6. The van der Waals surface area contributed by atoms with Crippen LogP contribution in [0.25, 0.3) is 22.2 Å². The largest absolute Gasteiger partial charge is 0.419 e. The molecule has 0 amide bonds. The van der Waals surface area contributed by atoms with Crippen LogP contribution in [0, 0.1) is 0 Å². The second-order valence-electron chi connectivity index (χ2n) is 9.11. The van der Waals surface area contributed by atoms with E-state index in [1.807, 2.05) is 66.3 Å². The average molecular weight is 493 g/mol. The first-order chi connectivity index (χ1) is 17.0. The van der Waals surface area contributed by atoms with Gasteiger partial charge in [0.1, 0.15) is 0 Å². The number of aromatic nitrogens is 2. The summed E-state index contributed by atoms with van der Waals surface area (Å²) < 4.78 is 9.25. The molecule has 2 aromatic heterocycles. The second-order valence-corrected chi connectivity index (χ2v) is 9.55. The minimum atomic E-state index is -0.309. The third-order valence-electron chi connectivity index (χ3n) is 6.84. The van der Waals surface area contributed by atoms with Crippen molar-refractivity contribution in [1.82, 2.24) is 14.0 Å². The Labute approximate surface area is 209 Å². The number of carbonyl (C=O) groups excluding carboxylic acids is 1. The van der Waals surface area contributed by atoms with E-state index in [2.05, 4.69) is 9.80 Å². The fourth-order valence-electron chi connectivity index (χ4n) is 4.76. The molecule has 4 aromatic rings. The van der Waals surface area contributed by atoms with Gasteiger partial charge in [-0.3, -0.25) is 9.36 Å².